The van der Waals surface area contributed by atoms with Crippen molar-refractivity contribution in [1.82, 2.24) is 10.6 Å². The molecular weight excluding hydrogens is 164 g/mol. The molecule has 0 aromatic carbocycles. The Morgan fingerprint density at radius 3 is 2.62 bits per heavy atom. The number of hydrogen-bond donors (Lipinski definition) is 2. The summed E-state index contributed by atoms with van der Waals surface area (Å²) in [6.07, 6.45) is 4.00. The standard InChI is InChI=1S/C10H22N2O/c1-4-5-6-7-10(13)12-8-9(2)11-3/h9,11H,4-8H2,1-3H3,(H,12,13). The number of hydrogen-bond acceptors (Lipinski definition) is 2. The van der Waals surface area contributed by atoms with Gasteiger partial charge in [0.15, 0.2) is 0 Å². The highest BCUT2D eigenvalue weighted by molar-refractivity contribution is 5.75. The van der Waals surface area contributed by atoms with Gasteiger partial charge in [0.25, 0.3) is 0 Å². The fourth-order valence-electron chi connectivity index (χ4n) is 0.993. The van der Waals surface area contributed by atoms with Gasteiger partial charge in [-0.2, -0.15) is 0 Å². The molecule has 0 saturated heterocycles. The van der Waals surface area contributed by atoms with Crippen LogP contribution in [0.25, 0.3) is 0 Å². The smallest absolute Gasteiger partial charge is 0.220 e. The second kappa shape index (κ2) is 8.05. The van der Waals surface area contributed by atoms with E-state index in [-0.39, 0.29) is 5.91 Å². The SMILES string of the molecule is CCCCCC(=O)NCC(C)NC. The molecule has 0 aromatic rings. The predicted octanol–water partition coefficient (Wildman–Crippen LogP) is 1.29. The van der Waals surface area contributed by atoms with E-state index < -0.39 is 0 Å². The van der Waals surface area contributed by atoms with Crippen LogP contribution in [0.2, 0.25) is 0 Å². The lowest BCUT2D eigenvalue weighted by Crippen LogP contribution is -2.37. The molecule has 0 heterocycles. The monoisotopic (exact) mass is 186 g/mol. The second-order valence-corrected chi connectivity index (χ2v) is 3.45. The van der Waals surface area contributed by atoms with Gasteiger partial charge in [-0.25, -0.2) is 0 Å². The van der Waals surface area contributed by atoms with Crippen LogP contribution in [0.1, 0.15) is 39.5 Å². The molecule has 0 aliphatic rings. The first-order chi connectivity index (χ1) is 6.20. The van der Waals surface area contributed by atoms with Crippen LogP contribution in [0.15, 0.2) is 0 Å². The molecule has 0 rings (SSSR count). The number of carbonyl (C=O) groups excluding carboxylic acids is 1. The molecule has 0 spiro atoms. The summed E-state index contributed by atoms with van der Waals surface area (Å²) in [6.45, 7) is 4.91. The Hall–Kier alpha value is -0.570. The van der Waals surface area contributed by atoms with Crippen molar-refractivity contribution in [2.24, 2.45) is 0 Å². The van der Waals surface area contributed by atoms with Crippen molar-refractivity contribution >= 4 is 5.91 Å². The Labute approximate surface area is 81.3 Å². The lowest BCUT2D eigenvalue weighted by Gasteiger charge is -2.10. The van der Waals surface area contributed by atoms with Crippen LogP contribution in [0, 0.1) is 0 Å². The molecule has 0 bridgehead atoms. The second-order valence-electron chi connectivity index (χ2n) is 3.45. The molecule has 13 heavy (non-hydrogen) atoms. The van der Waals surface area contributed by atoms with Crippen LogP contribution in [-0.2, 0) is 4.79 Å². The van der Waals surface area contributed by atoms with Gasteiger partial charge >= 0.3 is 0 Å². The summed E-state index contributed by atoms with van der Waals surface area (Å²) in [5.74, 6) is 0.176. The minimum Gasteiger partial charge on any atom is -0.355 e. The summed E-state index contributed by atoms with van der Waals surface area (Å²) >= 11 is 0. The molecule has 0 aromatic heterocycles. The van der Waals surface area contributed by atoms with E-state index in [1.54, 1.807) is 0 Å². The molecule has 3 heteroatoms. The zero-order valence-corrected chi connectivity index (χ0v) is 9.02. The molecule has 0 aliphatic heterocycles. The highest BCUT2D eigenvalue weighted by Gasteiger charge is 2.02. The van der Waals surface area contributed by atoms with Crippen LogP contribution < -0.4 is 10.6 Å². The number of rotatable bonds is 7. The molecule has 2 N–H and O–H groups in total. The summed E-state index contributed by atoms with van der Waals surface area (Å²) in [4.78, 5) is 11.2. The first-order valence-electron chi connectivity index (χ1n) is 5.14. The third-order valence-corrected chi connectivity index (χ3v) is 2.11. The van der Waals surface area contributed by atoms with Gasteiger partial charge in [0, 0.05) is 19.0 Å². The van der Waals surface area contributed by atoms with Gasteiger partial charge in [-0.05, 0) is 20.4 Å². The zero-order valence-electron chi connectivity index (χ0n) is 9.02. The summed E-state index contributed by atoms with van der Waals surface area (Å²) < 4.78 is 0. The summed E-state index contributed by atoms with van der Waals surface area (Å²) in [6, 6.07) is 0.357. The number of carbonyl (C=O) groups is 1. The molecule has 1 atom stereocenters. The molecule has 0 saturated carbocycles. The minimum absolute atomic E-state index is 0.176. The Bertz CT molecular complexity index is 137. The number of unbranched alkanes of at least 4 members (excludes halogenated alkanes) is 2. The van der Waals surface area contributed by atoms with Crippen molar-refractivity contribution in [3.8, 4) is 0 Å². The Balaban J connectivity index is 3.30. The Morgan fingerprint density at radius 2 is 2.08 bits per heavy atom. The van der Waals surface area contributed by atoms with Crippen LogP contribution in [-0.4, -0.2) is 25.5 Å². The van der Waals surface area contributed by atoms with Gasteiger partial charge < -0.3 is 10.6 Å². The van der Waals surface area contributed by atoms with Crippen molar-refractivity contribution in [2.45, 2.75) is 45.6 Å². The number of nitrogens with one attached hydrogen (secondary N) is 2. The quantitative estimate of drug-likeness (QED) is 0.588. The van der Waals surface area contributed by atoms with Gasteiger partial charge in [-0.3, -0.25) is 4.79 Å². The topological polar surface area (TPSA) is 41.1 Å². The van der Waals surface area contributed by atoms with Crippen molar-refractivity contribution in [3.05, 3.63) is 0 Å². The largest absolute Gasteiger partial charge is 0.355 e. The lowest BCUT2D eigenvalue weighted by molar-refractivity contribution is -0.121. The fourth-order valence-corrected chi connectivity index (χ4v) is 0.993. The van der Waals surface area contributed by atoms with E-state index in [4.69, 9.17) is 0 Å². The minimum atomic E-state index is 0.176. The Kier molecular flexibility index (Phi) is 7.69. The summed E-state index contributed by atoms with van der Waals surface area (Å²) in [5.41, 5.74) is 0. The number of likely N-dealkylation sites (N-methyl/N-ethyl adjacent to an activating group) is 1. The molecule has 0 aliphatic carbocycles. The van der Waals surface area contributed by atoms with Crippen molar-refractivity contribution in [2.75, 3.05) is 13.6 Å². The zero-order chi connectivity index (χ0) is 10.1. The highest BCUT2D eigenvalue weighted by atomic mass is 16.1. The van der Waals surface area contributed by atoms with E-state index in [0.29, 0.717) is 12.5 Å². The highest BCUT2D eigenvalue weighted by Crippen LogP contribution is 1.97. The van der Waals surface area contributed by atoms with Gasteiger partial charge in [0.2, 0.25) is 5.91 Å². The van der Waals surface area contributed by atoms with Crippen molar-refractivity contribution in [3.63, 3.8) is 0 Å². The molecular formula is C10H22N2O. The van der Waals surface area contributed by atoms with E-state index in [1.807, 2.05) is 14.0 Å². The maximum Gasteiger partial charge on any atom is 0.220 e. The molecule has 78 valence electrons. The predicted molar refractivity (Wildman–Crippen MR) is 55.7 cm³/mol. The van der Waals surface area contributed by atoms with E-state index in [2.05, 4.69) is 17.6 Å². The summed E-state index contributed by atoms with van der Waals surface area (Å²) in [7, 11) is 1.90. The molecule has 1 amide bonds. The molecule has 3 nitrogen and oxygen atoms in total. The van der Waals surface area contributed by atoms with Crippen LogP contribution in [0.3, 0.4) is 0 Å². The van der Waals surface area contributed by atoms with Crippen LogP contribution in [0.4, 0.5) is 0 Å². The van der Waals surface area contributed by atoms with Crippen LogP contribution in [0.5, 0.6) is 0 Å². The average Bonchev–Trinajstić information content (AvgIpc) is 2.14. The van der Waals surface area contributed by atoms with Gasteiger partial charge in [0.1, 0.15) is 0 Å². The van der Waals surface area contributed by atoms with Gasteiger partial charge in [0.05, 0.1) is 0 Å². The summed E-state index contributed by atoms with van der Waals surface area (Å²) in [5, 5.41) is 5.96. The van der Waals surface area contributed by atoms with E-state index in [9.17, 15) is 4.79 Å². The first kappa shape index (κ1) is 12.4. The maximum atomic E-state index is 11.2. The maximum absolute atomic E-state index is 11.2. The van der Waals surface area contributed by atoms with Gasteiger partial charge in [-0.15, -0.1) is 0 Å². The third kappa shape index (κ3) is 7.78. The molecule has 1 unspecified atom stereocenters. The fraction of sp³-hybridized carbons (Fsp3) is 0.900. The van der Waals surface area contributed by atoms with E-state index in [0.717, 1.165) is 19.4 Å². The van der Waals surface area contributed by atoms with Gasteiger partial charge in [-0.1, -0.05) is 19.8 Å². The molecule has 0 radical (unpaired) electrons. The Morgan fingerprint density at radius 1 is 1.38 bits per heavy atom. The van der Waals surface area contributed by atoms with E-state index >= 15 is 0 Å². The molecule has 0 fully saturated rings. The number of amides is 1. The first-order valence-corrected chi connectivity index (χ1v) is 5.14. The van der Waals surface area contributed by atoms with Crippen molar-refractivity contribution in [1.29, 1.82) is 0 Å². The lowest BCUT2D eigenvalue weighted by atomic mass is 10.2. The normalized spacial score (nSPS) is 12.5. The third-order valence-electron chi connectivity index (χ3n) is 2.11. The average molecular weight is 186 g/mol. The van der Waals surface area contributed by atoms with E-state index in [1.165, 1.54) is 6.42 Å². The van der Waals surface area contributed by atoms with Crippen LogP contribution >= 0.6 is 0 Å². The van der Waals surface area contributed by atoms with Crippen molar-refractivity contribution < 1.29 is 4.79 Å².